The summed E-state index contributed by atoms with van der Waals surface area (Å²) in [7, 11) is 0. The van der Waals surface area contributed by atoms with Crippen LogP contribution in [0.15, 0.2) is 65.4 Å². The number of nitrogens with zero attached hydrogens (tertiary/aromatic N) is 2. The third kappa shape index (κ3) is 4.39. The van der Waals surface area contributed by atoms with Gasteiger partial charge >= 0.3 is 0 Å². The average Bonchev–Trinajstić information content (AvgIpc) is 3.09. The first-order valence-corrected chi connectivity index (χ1v) is 8.94. The molecule has 0 aliphatic heterocycles. The summed E-state index contributed by atoms with van der Waals surface area (Å²) < 4.78 is 4.97. The van der Waals surface area contributed by atoms with Gasteiger partial charge in [0.2, 0.25) is 0 Å². The van der Waals surface area contributed by atoms with Gasteiger partial charge in [-0.3, -0.25) is 4.79 Å². The van der Waals surface area contributed by atoms with Crippen LogP contribution in [0.25, 0.3) is 0 Å². The van der Waals surface area contributed by atoms with Crippen LogP contribution < -0.4 is 0 Å². The van der Waals surface area contributed by atoms with Crippen molar-refractivity contribution in [2.75, 3.05) is 6.54 Å². The molecule has 0 aliphatic rings. The molecule has 3 rings (SSSR count). The molecule has 26 heavy (non-hydrogen) atoms. The highest BCUT2D eigenvalue weighted by molar-refractivity contribution is 5.94. The third-order valence-electron chi connectivity index (χ3n) is 4.63. The van der Waals surface area contributed by atoms with Gasteiger partial charge in [0.15, 0.2) is 0 Å². The monoisotopic (exact) mass is 348 g/mol. The molecule has 1 amide bonds. The predicted octanol–water partition coefficient (Wildman–Crippen LogP) is 4.57. The molecule has 0 saturated heterocycles. The first kappa shape index (κ1) is 17.9. The van der Waals surface area contributed by atoms with Crippen molar-refractivity contribution in [2.24, 2.45) is 0 Å². The molecule has 3 aromatic rings. The standard InChI is InChI=1S/C22H24N2O2/c1-17-9-6-7-13-20(17)15-24(22(25)21-16-26-23-18(21)2)14-8-12-19-10-4-3-5-11-19/h3-7,9-11,13,16H,8,12,14-15H2,1-2H3. The molecule has 0 fully saturated rings. The summed E-state index contributed by atoms with van der Waals surface area (Å²) in [6.45, 7) is 5.15. The maximum atomic E-state index is 13.0. The highest BCUT2D eigenvalue weighted by atomic mass is 16.5. The normalized spacial score (nSPS) is 10.7. The number of hydrogen-bond donors (Lipinski definition) is 0. The summed E-state index contributed by atoms with van der Waals surface area (Å²) in [5.74, 6) is -0.0277. The van der Waals surface area contributed by atoms with Crippen LogP contribution in [-0.4, -0.2) is 22.5 Å². The summed E-state index contributed by atoms with van der Waals surface area (Å²) in [6.07, 6.45) is 3.30. The SMILES string of the molecule is Cc1ccccc1CN(CCCc1ccccc1)C(=O)c1conc1C. The molecule has 1 aromatic heterocycles. The summed E-state index contributed by atoms with van der Waals surface area (Å²) in [6, 6.07) is 18.5. The highest BCUT2D eigenvalue weighted by Crippen LogP contribution is 2.16. The van der Waals surface area contributed by atoms with E-state index in [4.69, 9.17) is 4.52 Å². The summed E-state index contributed by atoms with van der Waals surface area (Å²) in [5.41, 5.74) is 4.81. The number of aromatic nitrogens is 1. The van der Waals surface area contributed by atoms with Crippen molar-refractivity contribution in [3.8, 4) is 0 Å². The van der Waals surface area contributed by atoms with E-state index in [2.05, 4.69) is 36.3 Å². The second kappa shape index (κ2) is 8.48. The minimum Gasteiger partial charge on any atom is -0.364 e. The van der Waals surface area contributed by atoms with E-state index < -0.39 is 0 Å². The second-order valence-corrected chi connectivity index (χ2v) is 6.56. The molecule has 1 heterocycles. The van der Waals surface area contributed by atoms with Crippen LogP contribution in [0.3, 0.4) is 0 Å². The van der Waals surface area contributed by atoms with Gasteiger partial charge in [0, 0.05) is 13.1 Å². The maximum absolute atomic E-state index is 13.0. The Morgan fingerprint density at radius 3 is 2.46 bits per heavy atom. The molecule has 2 aromatic carbocycles. The number of rotatable bonds is 7. The Kier molecular flexibility index (Phi) is 5.84. The van der Waals surface area contributed by atoms with E-state index in [0.717, 1.165) is 18.4 Å². The van der Waals surface area contributed by atoms with Gasteiger partial charge in [-0.05, 0) is 43.4 Å². The van der Waals surface area contributed by atoms with Crippen molar-refractivity contribution in [1.82, 2.24) is 10.1 Å². The Hall–Kier alpha value is -2.88. The zero-order valence-electron chi connectivity index (χ0n) is 15.3. The molecule has 4 heteroatoms. The Balaban J connectivity index is 1.73. The molecule has 0 saturated carbocycles. The highest BCUT2D eigenvalue weighted by Gasteiger charge is 2.20. The van der Waals surface area contributed by atoms with Crippen LogP contribution in [0.5, 0.6) is 0 Å². The van der Waals surface area contributed by atoms with E-state index in [-0.39, 0.29) is 5.91 Å². The first-order valence-electron chi connectivity index (χ1n) is 8.94. The topological polar surface area (TPSA) is 46.3 Å². The lowest BCUT2D eigenvalue weighted by Crippen LogP contribution is -2.32. The predicted molar refractivity (Wildman–Crippen MR) is 102 cm³/mol. The lowest BCUT2D eigenvalue weighted by Gasteiger charge is -2.23. The van der Waals surface area contributed by atoms with Crippen LogP contribution in [0, 0.1) is 13.8 Å². The summed E-state index contributed by atoms with van der Waals surface area (Å²) in [5, 5.41) is 3.85. The third-order valence-corrected chi connectivity index (χ3v) is 4.63. The second-order valence-electron chi connectivity index (χ2n) is 6.56. The Labute approximate surface area is 154 Å². The molecule has 0 unspecified atom stereocenters. The first-order chi connectivity index (χ1) is 12.6. The fourth-order valence-electron chi connectivity index (χ4n) is 3.03. The molecule has 0 radical (unpaired) electrons. The van der Waals surface area contributed by atoms with Crippen LogP contribution in [0.4, 0.5) is 0 Å². The summed E-state index contributed by atoms with van der Waals surface area (Å²) in [4.78, 5) is 14.9. The quantitative estimate of drug-likeness (QED) is 0.628. The largest absolute Gasteiger partial charge is 0.364 e. The zero-order valence-corrected chi connectivity index (χ0v) is 15.3. The van der Waals surface area contributed by atoms with E-state index in [1.165, 1.54) is 17.4 Å². The van der Waals surface area contributed by atoms with Gasteiger partial charge in [0.1, 0.15) is 11.8 Å². The van der Waals surface area contributed by atoms with Crippen LogP contribution in [0.1, 0.15) is 39.2 Å². The van der Waals surface area contributed by atoms with Crippen LogP contribution >= 0.6 is 0 Å². The Morgan fingerprint density at radius 1 is 1.04 bits per heavy atom. The van der Waals surface area contributed by atoms with Gasteiger partial charge in [-0.2, -0.15) is 0 Å². The van der Waals surface area contributed by atoms with Gasteiger partial charge in [-0.25, -0.2) is 0 Å². The molecule has 0 bridgehead atoms. The molecule has 0 atom stereocenters. The van der Waals surface area contributed by atoms with E-state index in [1.54, 1.807) is 6.92 Å². The molecule has 4 nitrogen and oxygen atoms in total. The van der Waals surface area contributed by atoms with E-state index in [1.807, 2.05) is 35.2 Å². The van der Waals surface area contributed by atoms with Gasteiger partial charge in [0.05, 0.1) is 5.69 Å². The minimum absolute atomic E-state index is 0.0277. The van der Waals surface area contributed by atoms with E-state index in [0.29, 0.717) is 24.3 Å². The number of carbonyl (C=O) groups excluding carboxylic acids is 1. The number of amides is 1. The minimum atomic E-state index is -0.0277. The van der Waals surface area contributed by atoms with Crippen molar-refractivity contribution in [2.45, 2.75) is 33.2 Å². The Bertz CT molecular complexity index is 855. The number of hydrogen-bond acceptors (Lipinski definition) is 3. The van der Waals surface area contributed by atoms with Crippen LogP contribution in [0.2, 0.25) is 0 Å². The maximum Gasteiger partial charge on any atom is 0.259 e. The fraction of sp³-hybridized carbons (Fsp3) is 0.273. The molecule has 0 N–H and O–H groups in total. The molecule has 0 aliphatic carbocycles. The number of benzene rings is 2. The van der Waals surface area contributed by atoms with Crippen molar-refractivity contribution in [3.63, 3.8) is 0 Å². The lowest BCUT2D eigenvalue weighted by atomic mass is 10.1. The van der Waals surface area contributed by atoms with Crippen molar-refractivity contribution >= 4 is 5.91 Å². The molecular formula is C22H24N2O2. The average molecular weight is 348 g/mol. The number of carbonyl (C=O) groups is 1. The lowest BCUT2D eigenvalue weighted by molar-refractivity contribution is 0.0739. The molecular weight excluding hydrogens is 324 g/mol. The van der Waals surface area contributed by atoms with Crippen LogP contribution in [-0.2, 0) is 13.0 Å². The molecule has 134 valence electrons. The summed E-state index contributed by atoms with van der Waals surface area (Å²) >= 11 is 0. The van der Waals surface area contributed by atoms with Gasteiger partial charge in [0.25, 0.3) is 5.91 Å². The number of aryl methyl sites for hydroxylation is 3. The molecule has 0 spiro atoms. The van der Waals surface area contributed by atoms with Gasteiger partial charge < -0.3 is 9.42 Å². The van der Waals surface area contributed by atoms with E-state index in [9.17, 15) is 4.79 Å². The van der Waals surface area contributed by atoms with Gasteiger partial charge in [-0.15, -0.1) is 0 Å². The Morgan fingerprint density at radius 2 is 1.77 bits per heavy atom. The zero-order chi connectivity index (χ0) is 18.4. The smallest absolute Gasteiger partial charge is 0.259 e. The van der Waals surface area contributed by atoms with Crippen molar-refractivity contribution in [1.29, 1.82) is 0 Å². The van der Waals surface area contributed by atoms with E-state index >= 15 is 0 Å². The van der Waals surface area contributed by atoms with Gasteiger partial charge in [-0.1, -0.05) is 59.8 Å². The van der Waals surface area contributed by atoms with Crippen molar-refractivity contribution < 1.29 is 9.32 Å². The fourth-order valence-corrected chi connectivity index (χ4v) is 3.03. The van der Waals surface area contributed by atoms with Crippen molar-refractivity contribution in [3.05, 3.63) is 88.8 Å².